The molecule has 4 aromatic rings. The molecule has 0 bridgehead atoms. The van der Waals surface area contributed by atoms with E-state index in [1.54, 1.807) is 19.1 Å². The second-order valence-corrected chi connectivity index (χ2v) is 11.4. The number of aromatic nitrogens is 4. The Bertz CT molecular complexity index is 1450. The molecule has 1 atom stereocenters. The van der Waals surface area contributed by atoms with E-state index in [2.05, 4.69) is 26.2 Å². The Kier molecular flexibility index (Phi) is 5.83. The number of fused-ring (bicyclic) bond motifs is 3. The summed E-state index contributed by atoms with van der Waals surface area (Å²) in [7, 11) is -3.94. The first-order chi connectivity index (χ1) is 15.9. The van der Waals surface area contributed by atoms with E-state index in [1.807, 2.05) is 16.3 Å². The molecular weight excluding hydrogens is 530 g/mol. The molecule has 0 N–H and O–H groups in total. The Labute approximate surface area is 202 Å². The molecule has 0 spiro atoms. The minimum atomic E-state index is -3.94. The Balaban J connectivity index is 1.63. The Morgan fingerprint density at radius 3 is 2.82 bits per heavy atom. The van der Waals surface area contributed by atoms with Crippen molar-refractivity contribution in [2.24, 2.45) is 5.92 Å². The minimum Gasteiger partial charge on any atom is -0.466 e. The van der Waals surface area contributed by atoms with Gasteiger partial charge in [0.2, 0.25) is 14.9 Å². The van der Waals surface area contributed by atoms with Crippen molar-refractivity contribution in [3.8, 4) is 0 Å². The minimum absolute atomic E-state index is 0.113. The van der Waals surface area contributed by atoms with Crippen molar-refractivity contribution in [3.63, 3.8) is 0 Å². The van der Waals surface area contributed by atoms with Crippen LogP contribution in [0, 0.1) is 5.92 Å². The zero-order valence-corrected chi connectivity index (χ0v) is 20.9. The van der Waals surface area contributed by atoms with E-state index in [0.717, 1.165) is 27.5 Å². The highest BCUT2D eigenvalue weighted by Gasteiger charge is 2.31. The highest BCUT2D eigenvalue weighted by atomic mass is 79.9. The molecule has 1 aromatic carbocycles. The molecule has 12 heteroatoms. The van der Waals surface area contributed by atoms with Gasteiger partial charge in [-0.1, -0.05) is 21.1 Å². The van der Waals surface area contributed by atoms with Gasteiger partial charge in [-0.25, -0.2) is 13.4 Å². The van der Waals surface area contributed by atoms with Crippen molar-refractivity contribution in [1.29, 1.82) is 0 Å². The predicted octanol–water partition coefficient (Wildman–Crippen LogP) is 3.71. The van der Waals surface area contributed by atoms with Crippen LogP contribution in [-0.4, -0.2) is 53.9 Å². The molecule has 0 aliphatic carbocycles. The molecule has 0 amide bonds. The number of piperidine rings is 1. The Morgan fingerprint density at radius 1 is 1.27 bits per heavy atom. The lowest BCUT2D eigenvalue weighted by Crippen LogP contribution is -2.40. The van der Waals surface area contributed by atoms with E-state index in [4.69, 9.17) is 9.72 Å². The molecular formula is C21H20BrN5O4S2. The third-order valence-corrected chi connectivity index (χ3v) is 8.72. The van der Waals surface area contributed by atoms with Crippen LogP contribution >= 0.6 is 27.3 Å². The number of hydrogen-bond donors (Lipinski definition) is 0. The zero-order chi connectivity index (χ0) is 23.2. The average Bonchev–Trinajstić information content (AvgIpc) is 3.46. The van der Waals surface area contributed by atoms with Crippen LogP contribution in [0.2, 0.25) is 0 Å². The van der Waals surface area contributed by atoms with Crippen molar-refractivity contribution in [1.82, 2.24) is 19.8 Å². The van der Waals surface area contributed by atoms with Crippen molar-refractivity contribution in [3.05, 3.63) is 40.2 Å². The highest BCUT2D eigenvalue weighted by Crippen LogP contribution is 2.35. The predicted molar refractivity (Wildman–Crippen MR) is 127 cm³/mol. The fraction of sp³-hybridized carbons (Fsp3) is 0.333. The van der Waals surface area contributed by atoms with Crippen LogP contribution < -0.4 is 4.90 Å². The summed E-state index contributed by atoms with van der Waals surface area (Å²) in [6, 6.07) is 8.23. The molecule has 1 aliphatic rings. The van der Waals surface area contributed by atoms with Crippen LogP contribution in [0.4, 0.5) is 5.82 Å². The van der Waals surface area contributed by atoms with Crippen LogP contribution in [0.15, 0.2) is 50.1 Å². The maximum Gasteiger partial charge on any atom is 0.310 e. The summed E-state index contributed by atoms with van der Waals surface area (Å²) < 4.78 is 35.0. The average molecular weight is 550 g/mol. The van der Waals surface area contributed by atoms with Crippen molar-refractivity contribution < 1.29 is 17.9 Å². The van der Waals surface area contributed by atoms with Gasteiger partial charge in [-0.2, -0.15) is 4.52 Å². The maximum absolute atomic E-state index is 13.4. The van der Waals surface area contributed by atoms with E-state index in [1.165, 1.54) is 28.0 Å². The number of hydrogen-bond acceptors (Lipinski definition) is 9. The number of carbonyl (C=O) groups excluding carboxylic acids is 1. The monoisotopic (exact) mass is 549 g/mol. The first-order valence-corrected chi connectivity index (χ1v) is 13.6. The Morgan fingerprint density at radius 2 is 2.06 bits per heavy atom. The van der Waals surface area contributed by atoms with Gasteiger partial charge in [-0.3, -0.25) is 4.79 Å². The highest BCUT2D eigenvalue weighted by molar-refractivity contribution is 9.10. The summed E-state index contributed by atoms with van der Waals surface area (Å²) in [5, 5.41) is 9.84. The third-order valence-electron chi connectivity index (χ3n) is 5.62. The van der Waals surface area contributed by atoms with Gasteiger partial charge in [0.1, 0.15) is 0 Å². The Hall–Kier alpha value is -2.57. The number of esters is 1. The lowest BCUT2D eigenvalue weighted by atomic mass is 9.98. The van der Waals surface area contributed by atoms with Gasteiger partial charge < -0.3 is 9.64 Å². The van der Waals surface area contributed by atoms with Gasteiger partial charge in [-0.05, 0) is 55.5 Å². The largest absolute Gasteiger partial charge is 0.466 e. The molecule has 172 valence electrons. The van der Waals surface area contributed by atoms with Crippen LogP contribution in [-0.2, 0) is 19.4 Å². The number of benzene rings is 1. The van der Waals surface area contributed by atoms with Crippen LogP contribution in [0.25, 0.3) is 15.9 Å². The number of thiophene rings is 1. The quantitative estimate of drug-likeness (QED) is 0.346. The van der Waals surface area contributed by atoms with E-state index < -0.39 is 9.84 Å². The smallest absolute Gasteiger partial charge is 0.310 e. The first kappa shape index (κ1) is 22.2. The van der Waals surface area contributed by atoms with Gasteiger partial charge in [-0.15, -0.1) is 16.4 Å². The zero-order valence-electron chi connectivity index (χ0n) is 17.6. The summed E-state index contributed by atoms with van der Waals surface area (Å²) in [6.07, 6.45) is 1.56. The number of halogens is 1. The van der Waals surface area contributed by atoms with Gasteiger partial charge in [0, 0.05) is 17.6 Å². The van der Waals surface area contributed by atoms with Gasteiger partial charge in [0.15, 0.2) is 11.5 Å². The lowest BCUT2D eigenvalue weighted by Gasteiger charge is -2.32. The summed E-state index contributed by atoms with van der Waals surface area (Å²) in [5.74, 6) is 0.173. The fourth-order valence-corrected chi connectivity index (χ4v) is 6.43. The molecule has 0 unspecified atom stereocenters. The summed E-state index contributed by atoms with van der Waals surface area (Å²) in [5.41, 5.74) is 0.889. The normalized spacial score (nSPS) is 17.0. The molecule has 0 radical (unpaired) electrons. The molecule has 1 fully saturated rings. The van der Waals surface area contributed by atoms with E-state index in [9.17, 15) is 13.2 Å². The molecule has 33 heavy (non-hydrogen) atoms. The number of rotatable bonds is 5. The van der Waals surface area contributed by atoms with Gasteiger partial charge in [0.25, 0.3) is 0 Å². The number of anilines is 1. The fourth-order valence-electron chi connectivity index (χ4n) is 4.04. The van der Waals surface area contributed by atoms with E-state index >= 15 is 0 Å². The molecule has 4 heterocycles. The lowest BCUT2D eigenvalue weighted by molar-refractivity contribution is -0.148. The number of carbonyl (C=O) groups is 1. The van der Waals surface area contributed by atoms with Crippen molar-refractivity contribution >= 4 is 64.8 Å². The topological polar surface area (TPSA) is 107 Å². The van der Waals surface area contributed by atoms with Crippen LogP contribution in [0.5, 0.6) is 0 Å². The summed E-state index contributed by atoms with van der Waals surface area (Å²) in [6.45, 7) is 3.31. The molecule has 9 nitrogen and oxygen atoms in total. The molecule has 5 rings (SSSR count). The summed E-state index contributed by atoms with van der Waals surface area (Å²) in [4.78, 5) is 19.2. The molecule has 3 aromatic heterocycles. The first-order valence-electron chi connectivity index (χ1n) is 10.4. The SMILES string of the molecule is CCOC(=O)[C@H]1CCCN(c2nc3c(S(=O)(=O)c4ccc(Br)cc4)nnn3c3ccsc23)C1. The second kappa shape index (κ2) is 8.65. The summed E-state index contributed by atoms with van der Waals surface area (Å²) >= 11 is 4.82. The van der Waals surface area contributed by atoms with Crippen LogP contribution in [0.3, 0.4) is 0 Å². The standard InChI is InChI=1S/C21H20BrN5O4S2/c1-2-31-21(28)13-4-3-10-26(12-13)18-17-16(9-11-32-17)27-19(23-18)20(24-25-27)33(29,30)15-7-5-14(22)6-8-15/h5-9,11,13H,2-4,10,12H2,1H3/t13-/m0/s1. The second-order valence-electron chi connectivity index (χ2n) is 7.69. The third kappa shape index (κ3) is 3.89. The van der Waals surface area contributed by atoms with E-state index in [0.29, 0.717) is 25.5 Å². The molecule has 0 saturated carbocycles. The van der Waals surface area contributed by atoms with Gasteiger partial charge >= 0.3 is 5.97 Å². The van der Waals surface area contributed by atoms with Crippen LogP contribution in [0.1, 0.15) is 19.8 Å². The molecule has 1 aliphatic heterocycles. The van der Waals surface area contributed by atoms with E-state index in [-0.39, 0.29) is 27.5 Å². The number of ether oxygens (including phenoxy) is 1. The number of sulfone groups is 1. The van der Waals surface area contributed by atoms with Crippen molar-refractivity contribution in [2.45, 2.75) is 29.7 Å². The van der Waals surface area contributed by atoms with Crippen molar-refractivity contribution in [2.75, 3.05) is 24.6 Å². The van der Waals surface area contributed by atoms with Gasteiger partial charge in [0.05, 0.1) is 27.6 Å². The maximum atomic E-state index is 13.4. The number of nitrogens with zero attached hydrogens (tertiary/aromatic N) is 5. The molecule has 1 saturated heterocycles.